The zero-order valence-electron chi connectivity index (χ0n) is 7.28. The lowest BCUT2D eigenvalue weighted by Crippen LogP contribution is -2.16. The van der Waals surface area contributed by atoms with Crippen molar-refractivity contribution in [1.82, 2.24) is 0 Å². The number of hydrogen-bond acceptors (Lipinski definition) is 0. The highest BCUT2D eigenvalue weighted by Gasteiger charge is 2.07. The molecule has 54 valence electrons. The number of hydrogen-bond donors (Lipinski definition) is 0. The second-order valence-electron chi connectivity index (χ2n) is 3.71. The predicted octanol–water partition coefficient (Wildman–Crippen LogP) is 3.22. The Morgan fingerprint density at radius 1 is 1.33 bits per heavy atom. The molecule has 0 unspecified atom stereocenters. The topological polar surface area (TPSA) is 0 Å². The van der Waals surface area contributed by atoms with Crippen LogP contribution in [0.1, 0.15) is 20.3 Å². The second kappa shape index (κ2) is 3.21. The molecule has 0 aliphatic rings. The van der Waals surface area contributed by atoms with E-state index in [1.807, 2.05) is 0 Å². The Balaban J connectivity index is 3.95. The van der Waals surface area contributed by atoms with E-state index in [0.717, 1.165) is 0 Å². The van der Waals surface area contributed by atoms with Gasteiger partial charge in [0.15, 0.2) is 0 Å². The minimum absolute atomic E-state index is 0.903. The molecule has 0 aliphatic carbocycles. The van der Waals surface area contributed by atoms with E-state index in [2.05, 4.69) is 39.2 Å². The Morgan fingerprint density at radius 2 is 1.78 bits per heavy atom. The zero-order valence-corrected chi connectivity index (χ0v) is 8.28. The summed E-state index contributed by atoms with van der Waals surface area (Å²) in [6.45, 7) is 11.5. The van der Waals surface area contributed by atoms with E-state index in [0.29, 0.717) is 0 Å². The fourth-order valence-corrected chi connectivity index (χ4v) is 2.52. The van der Waals surface area contributed by atoms with Crippen LogP contribution < -0.4 is 0 Å². The van der Waals surface area contributed by atoms with E-state index < -0.39 is 8.07 Å². The van der Waals surface area contributed by atoms with E-state index in [4.69, 9.17) is 0 Å². The van der Waals surface area contributed by atoms with Crippen LogP contribution in [-0.4, -0.2) is 8.07 Å². The van der Waals surface area contributed by atoms with Crippen LogP contribution in [0.4, 0.5) is 0 Å². The molecule has 0 heterocycles. The molecule has 0 radical (unpaired) electrons. The lowest BCUT2D eigenvalue weighted by Gasteiger charge is -2.10. The van der Waals surface area contributed by atoms with Gasteiger partial charge >= 0.3 is 0 Å². The number of rotatable bonds is 2. The Hall–Kier alpha value is -0.0431. The van der Waals surface area contributed by atoms with Gasteiger partial charge in [-0.05, 0) is 13.3 Å². The summed E-state index contributed by atoms with van der Waals surface area (Å²) in [4.78, 5) is 0. The monoisotopic (exact) mass is 142 g/mol. The van der Waals surface area contributed by atoms with Crippen LogP contribution in [0.15, 0.2) is 11.3 Å². The van der Waals surface area contributed by atoms with Crippen LogP contribution in [0.3, 0.4) is 0 Å². The highest BCUT2D eigenvalue weighted by atomic mass is 28.3. The maximum atomic E-state index is 2.47. The molecular formula is C8H18Si. The smallest absolute Gasteiger partial charge is 0.0686 e. The van der Waals surface area contributed by atoms with Crippen molar-refractivity contribution >= 4 is 8.07 Å². The van der Waals surface area contributed by atoms with Crippen LogP contribution >= 0.6 is 0 Å². The minimum Gasteiger partial charge on any atom is -0.0961 e. The molecule has 0 aliphatic heterocycles. The summed E-state index contributed by atoms with van der Waals surface area (Å²) in [7, 11) is -0.903. The first kappa shape index (κ1) is 8.96. The fourth-order valence-electron chi connectivity index (χ4n) is 0.841. The molecule has 0 aromatic carbocycles. The van der Waals surface area contributed by atoms with E-state index in [-0.39, 0.29) is 0 Å². The van der Waals surface area contributed by atoms with Crippen LogP contribution in [0.5, 0.6) is 0 Å². The predicted molar refractivity (Wildman–Crippen MR) is 47.4 cm³/mol. The Bertz CT molecular complexity index is 106. The average Bonchev–Trinajstić information content (AvgIpc) is 1.62. The summed E-state index contributed by atoms with van der Waals surface area (Å²) in [5, 5.41) is 0. The molecule has 1 heteroatoms. The third kappa shape index (κ3) is 5.83. The van der Waals surface area contributed by atoms with Crippen molar-refractivity contribution in [3.8, 4) is 0 Å². The summed E-state index contributed by atoms with van der Waals surface area (Å²) >= 11 is 0. The molecule has 0 aromatic heterocycles. The van der Waals surface area contributed by atoms with Crippen molar-refractivity contribution in [1.29, 1.82) is 0 Å². The molecule has 0 nitrogen and oxygen atoms in total. The molecule has 0 spiro atoms. The first-order chi connectivity index (χ1) is 3.95. The largest absolute Gasteiger partial charge is 0.0961 e. The van der Waals surface area contributed by atoms with Crippen LogP contribution in [0.2, 0.25) is 19.6 Å². The minimum atomic E-state index is -0.903. The van der Waals surface area contributed by atoms with Crippen LogP contribution in [0, 0.1) is 0 Å². The molecule has 0 bridgehead atoms. The molecule has 0 saturated heterocycles. The lowest BCUT2D eigenvalue weighted by molar-refractivity contribution is 1.10. The summed E-state index contributed by atoms with van der Waals surface area (Å²) in [5.74, 6) is 0. The van der Waals surface area contributed by atoms with Gasteiger partial charge in [-0.2, -0.15) is 0 Å². The van der Waals surface area contributed by atoms with Gasteiger partial charge in [0.05, 0.1) is 8.07 Å². The third-order valence-electron chi connectivity index (χ3n) is 1.24. The third-order valence-corrected chi connectivity index (χ3v) is 2.60. The Morgan fingerprint density at radius 3 is 1.89 bits per heavy atom. The van der Waals surface area contributed by atoms with E-state index >= 15 is 0 Å². The van der Waals surface area contributed by atoms with Crippen molar-refractivity contribution in [3.63, 3.8) is 0 Å². The molecule has 0 rings (SSSR count). The number of allylic oxidation sites excluding steroid dienone is 1. The fraction of sp³-hybridized carbons (Fsp3) is 0.750. The first-order valence-corrected chi connectivity index (χ1v) is 7.22. The SMILES string of the molecule is CC/C(C)=C/[Si](C)(C)C. The van der Waals surface area contributed by atoms with Crippen molar-refractivity contribution < 1.29 is 0 Å². The van der Waals surface area contributed by atoms with Gasteiger partial charge in [-0.15, -0.1) is 0 Å². The molecule has 0 fully saturated rings. The Labute approximate surface area is 60.0 Å². The maximum absolute atomic E-state index is 2.47. The van der Waals surface area contributed by atoms with Crippen molar-refractivity contribution in [3.05, 3.63) is 11.3 Å². The Kier molecular flexibility index (Phi) is 3.19. The summed E-state index contributed by atoms with van der Waals surface area (Å²) in [5.41, 5.74) is 4.02. The molecule has 9 heavy (non-hydrogen) atoms. The van der Waals surface area contributed by atoms with E-state index in [1.54, 1.807) is 5.57 Å². The van der Waals surface area contributed by atoms with Crippen molar-refractivity contribution in [2.45, 2.75) is 39.9 Å². The second-order valence-corrected chi connectivity index (χ2v) is 8.73. The molecule has 0 N–H and O–H groups in total. The molecule has 0 saturated carbocycles. The highest BCUT2D eigenvalue weighted by Crippen LogP contribution is 2.08. The zero-order chi connectivity index (χ0) is 7.49. The standard InChI is InChI=1S/C8H18Si/c1-6-8(2)7-9(3,4)5/h7H,6H2,1-5H3/b8-7+. The van der Waals surface area contributed by atoms with Gasteiger partial charge in [-0.25, -0.2) is 0 Å². The van der Waals surface area contributed by atoms with Gasteiger partial charge in [-0.1, -0.05) is 37.8 Å². The summed E-state index contributed by atoms with van der Waals surface area (Å²) in [6, 6.07) is 0. The van der Waals surface area contributed by atoms with Crippen LogP contribution in [-0.2, 0) is 0 Å². The van der Waals surface area contributed by atoms with Gasteiger partial charge in [0, 0.05) is 0 Å². The van der Waals surface area contributed by atoms with Gasteiger partial charge in [-0.3, -0.25) is 0 Å². The molecule has 0 atom stereocenters. The quantitative estimate of drug-likeness (QED) is 0.519. The van der Waals surface area contributed by atoms with Gasteiger partial charge < -0.3 is 0 Å². The van der Waals surface area contributed by atoms with Gasteiger partial charge in [0.25, 0.3) is 0 Å². The van der Waals surface area contributed by atoms with Gasteiger partial charge in [0.2, 0.25) is 0 Å². The summed E-state index contributed by atoms with van der Waals surface area (Å²) < 4.78 is 0. The summed E-state index contributed by atoms with van der Waals surface area (Å²) in [6.07, 6.45) is 1.21. The van der Waals surface area contributed by atoms with E-state index in [9.17, 15) is 0 Å². The normalized spacial score (nSPS) is 14.1. The molecule has 0 amide bonds. The van der Waals surface area contributed by atoms with Gasteiger partial charge in [0.1, 0.15) is 0 Å². The molecule has 0 aromatic rings. The average molecular weight is 142 g/mol. The lowest BCUT2D eigenvalue weighted by atomic mass is 10.3. The van der Waals surface area contributed by atoms with E-state index in [1.165, 1.54) is 6.42 Å². The van der Waals surface area contributed by atoms with Crippen molar-refractivity contribution in [2.24, 2.45) is 0 Å². The van der Waals surface area contributed by atoms with Crippen molar-refractivity contribution in [2.75, 3.05) is 0 Å². The maximum Gasteiger partial charge on any atom is 0.0686 e. The highest BCUT2D eigenvalue weighted by molar-refractivity contribution is 6.81. The first-order valence-electron chi connectivity index (χ1n) is 3.64. The molecular weight excluding hydrogens is 124 g/mol. The van der Waals surface area contributed by atoms with Crippen LogP contribution in [0.25, 0.3) is 0 Å².